The van der Waals surface area contributed by atoms with Crippen LogP contribution in [0, 0.1) is 0 Å². The first-order valence-corrected chi connectivity index (χ1v) is 40.4. The number of carbonyl (C=O) groups is 2. The van der Waals surface area contributed by atoms with Gasteiger partial charge in [0.1, 0.15) is 0 Å². The van der Waals surface area contributed by atoms with Crippen LogP contribution < -0.4 is 5.32 Å². The fourth-order valence-electron chi connectivity index (χ4n) is 12.7. The van der Waals surface area contributed by atoms with Gasteiger partial charge in [0.25, 0.3) is 0 Å². The number of amides is 1. The lowest BCUT2D eigenvalue weighted by atomic mass is 10.0. The summed E-state index contributed by atoms with van der Waals surface area (Å²) in [6.45, 7) is 4.94. The lowest BCUT2D eigenvalue weighted by Gasteiger charge is -2.20. The average Bonchev–Trinajstić information content (AvgIpc) is 3.63. The summed E-state index contributed by atoms with van der Waals surface area (Å²) in [4.78, 5) is 24.7. The first-order valence-electron chi connectivity index (χ1n) is 40.4. The molecular weight excluding hydrogens is 1090 g/mol. The molecule has 6 heteroatoms. The van der Waals surface area contributed by atoms with Crippen molar-refractivity contribution in [1.29, 1.82) is 0 Å². The van der Waals surface area contributed by atoms with Gasteiger partial charge in [-0.3, -0.25) is 9.59 Å². The van der Waals surface area contributed by atoms with E-state index in [0.29, 0.717) is 19.4 Å². The number of hydrogen-bond acceptors (Lipinski definition) is 5. The van der Waals surface area contributed by atoms with Crippen LogP contribution in [-0.4, -0.2) is 47.4 Å². The second-order valence-electron chi connectivity index (χ2n) is 27.7. The molecule has 0 aromatic rings. The van der Waals surface area contributed by atoms with Crippen LogP contribution in [0.2, 0.25) is 0 Å². The molecule has 0 bridgehead atoms. The van der Waals surface area contributed by atoms with E-state index in [0.717, 1.165) is 44.9 Å². The standard InChI is InChI=1S/C83H157NO5/c1-3-5-7-9-11-13-15-17-19-21-40-45-49-53-57-61-65-69-73-77-83(88)89-78-74-70-66-62-58-54-50-46-42-39-37-35-33-31-29-27-25-23-24-26-28-30-32-34-36-38-41-44-48-52-56-60-64-68-72-76-82(87)84-80(79-85)81(86)75-71-67-63-59-55-51-47-43-22-20-18-16-14-12-10-8-6-4-2/h17,19,25,27,31,33,71,75,80-81,85-86H,3-16,18,20-24,26,28-30,32,34-70,72-74,76-79H2,1-2H3,(H,84,87)/b19-17-,27-25-,33-31-,75-71+. The smallest absolute Gasteiger partial charge is 0.305 e. The molecule has 0 aliphatic heterocycles. The Kier molecular flexibility index (Phi) is 76.3. The first kappa shape index (κ1) is 86.8. The minimum Gasteiger partial charge on any atom is -0.466 e. The van der Waals surface area contributed by atoms with Gasteiger partial charge in [0.2, 0.25) is 5.91 Å². The van der Waals surface area contributed by atoms with Crippen molar-refractivity contribution in [3.05, 3.63) is 48.6 Å². The molecule has 2 atom stereocenters. The number of carbonyl (C=O) groups excluding carboxylic acids is 2. The maximum absolute atomic E-state index is 12.5. The second kappa shape index (κ2) is 78.3. The molecule has 0 aromatic heterocycles. The fourth-order valence-corrected chi connectivity index (χ4v) is 12.7. The molecule has 524 valence electrons. The molecule has 0 saturated carbocycles. The summed E-state index contributed by atoms with van der Waals surface area (Å²) in [6, 6.07) is -0.627. The van der Waals surface area contributed by atoms with E-state index in [4.69, 9.17) is 4.74 Å². The van der Waals surface area contributed by atoms with Crippen LogP contribution in [0.1, 0.15) is 444 Å². The van der Waals surface area contributed by atoms with Gasteiger partial charge in [0.05, 0.1) is 25.4 Å². The monoisotopic (exact) mass is 1250 g/mol. The highest BCUT2D eigenvalue weighted by molar-refractivity contribution is 5.76. The lowest BCUT2D eigenvalue weighted by molar-refractivity contribution is -0.143. The van der Waals surface area contributed by atoms with E-state index in [1.54, 1.807) is 6.08 Å². The Morgan fingerprint density at radius 2 is 0.562 bits per heavy atom. The second-order valence-corrected chi connectivity index (χ2v) is 27.7. The van der Waals surface area contributed by atoms with Crippen molar-refractivity contribution < 1.29 is 24.5 Å². The Morgan fingerprint density at radius 3 is 0.865 bits per heavy atom. The molecule has 0 rings (SSSR count). The third-order valence-corrected chi connectivity index (χ3v) is 18.8. The van der Waals surface area contributed by atoms with Crippen LogP contribution in [0.25, 0.3) is 0 Å². The van der Waals surface area contributed by atoms with Gasteiger partial charge in [-0.25, -0.2) is 0 Å². The zero-order chi connectivity index (χ0) is 64.2. The Balaban J connectivity index is 3.38. The van der Waals surface area contributed by atoms with Gasteiger partial charge >= 0.3 is 5.97 Å². The number of unbranched alkanes of at least 4 members (excludes halogenated alkanes) is 59. The molecule has 0 fully saturated rings. The minimum absolute atomic E-state index is 0.0167. The summed E-state index contributed by atoms with van der Waals surface area (Å²) in [5.74, 6) is -0.0455. The molecule has 3 N–H and O–H groups in total. The molecule has 0 spiro atoms. The van der Waals surface area contributed by atoms with Gasteiger partial charge in [0.15, 0.2) is 0 Å². The Bertz CT molecular complexity index is 1490. The number of allylic oxidation sites excluding steroid dienone is 7. The van der Waals surface area contributed by atoms with Crippen LogP contribution in [0.5, 0.6) is 0 Å². The maximum atomic E-state index is 12.5. The zero-order valence-electron chi connectivity index (χ0n) is 60.2. The summed E-state index contributed by atoms with van der Waals surface area (Å²) in [5.41, 5.74) is 0. The van der Waals surface area contributed by atoms with Gasteiger partial charge in [-0.2, -0.15) is 0 Å². The maximum Gasteiger partial charge on any atom is 0.305 e. The first-order chi connectivity index (χ1) is 44.0. The van der Waals surface area contributed by atoms with Gasteiger partial charge in [-0.1, -0.05) is 390 Å². The highest BCUT2D eigenvalue weighted by Gasteiger charge is 2.18. The van der Waals surface area contributed by atoms with E-state index in [-0.39, 0.29) is 18.5 Å². The number of aliphatic hydroxyl groups excluding tert-OH is 2. The van der Waals surface area contributed by atoms with Crippen molar-refractivity contribution in [3.63, 3.8) is 0 Å². The molecule has 0 saturated heterocycles. The number of nitrogens with one attached hydrogen (secondary N) is 1. The summed E-state index contributed by atoms with van der Waals surface area (Å²) in [6.07, 6.45) is 104. The molecule has 0 heterocycles. The van der Waals surface area contributed by atoms with E-state index in [2.05, 4.69) is 55.6 Å². The topological polar surface area (TPSA) is 95.9 Å². The number of hydrogen-bond donors (Lipinski definition) is 3. The van der Waals surface area contributed by atoms with Crippen molar-refractivity contribution in [3.8, 4) is 0 Å². The third-order valence-electron chi connectivity index (χ3n) is 18.8. The SMILES string of the molecule is CCCCCCCC/C=C\CCCCCCCCCCCC(=O)OCCCCCCCCCCCCC/C=C\C/C=C\CCCCCCCCCCCCCCCCCCCC(=O)NC(CO)C(O)/C=C/CCCCCCCCCCCCCCCCCC. The molecule has 0 radical (unpaired) electrons. The molecule has 89 heavy (non-hydrogen) atoms. The Morgan fingerprint density at radius 1 is 0.315 bits per heavy atom. The summed E-state index contributed by atoms with van der Waals surface area (Å²) >= 11 is 0. The highest BCUT2D eigenvalue weighted by Crippen LogP contribution is 2.19. The lowest BCUT2D eigenvalue weighted by Crippen LogP contribution is -2.45. The van der Waals surface area contributed by atoms with Crippen molar-refractivity contribution in [2.45, 2.75) is 456 Å². The van der Waals surface area contributed by atoms with Crippen LogP contribution in [-0.2, 0) is 14.3 Å². The largest absolute Gasteiger partial charge is 0.466 e. The zero-order valence-corrected chi connectivity index (χ0v) is 60.2. The molecule has 0 aromatic carbocycles. The van der Waals surface area contributed by atoms with Crippen molar-refractivity contribution in [2.24, 2.45) is 0 Å². The van der Waals surface area contributed by atoms with Crippen molar-refractivity contribution in [2.75, 3.05) is 13.2 Å². The van der Waals surface area contributed by atoms with Gasteiger partial charge < -0.3 is 20.3 Å². The molecule has 0 aliphatic carbocycles. The van der Waals surface area contributed by atoms with Gasteiger partial charge in [0, 0.05) is 12.8 Å². The van der Waals surface area contributed by atoms with E-state index < -0.39 is 12.1 Å². The third kappa shape index (κ3) is 74.7. The minimum atomic E-state index is -0.844. The summed E-state index contributed by atoms with van der Waals surface area (Å²) in [7, 11) is 0. The van der Waals surface area contributed by atoms with Crippen LogP contribution >= 0.6 is 0 Å². The Labute approximate surface area is 556 Å². The Hall–Kier alpha value is -2.18. The number of esters is 1. The number of ether oxygens (including phenoxy) is 1. The van der Waals surface area contributed by atoms with Crippen LogP contribution in [0.3, 0.4) is 0 Å². The molecular formula is C83H157NO5. The molecule has 2 unspecified atom stereocenters. The van der Waals surface area contributed by atoms with Gasteiger partial charge in [-0.15, -0.1) is 0 Å². The number of aliphatic hydroxyl groups is 2. The average molecular weight is 1250 g/mol. The van der Waals surface area contributed by atoms with Crippen LogP contribution in [0.4, 0.5) is 0 Å². The van der Waals surface area contributed by atoms with E-state index in [1.165, 1.54) is 372 Å². The molecule has 6 nitrogen and oxygen atoms in total. The van der Waals surface area contributed by atoms with Gasteiger partial charge in [-0.05, 0) is 89.9 Å². The van der Waals surface area contributed by atoms with Crippen molar-refractivity contribution >= 4 is 11.9 Å². The highest BCUT2D eigenvalue weighted by atomic mass is 16.5. The van der Waals surface area contributed by atoms with E-state index in [9.17, 15) is 19.8 Å². The predicted octanol–water partition coefficient (Wildman–Crippen LogP) is 26.8. The summed E-state index contributed by atoms with van der Waals surface area (Å²) in [5, 5.41) is 23.2. The number of rotatable bonds is 76. The fraction of sp³-hybridized carbons (Fsp3) is 0.880. The molecule has 1 amide bonds. The molecule has 0 aliphatic rings. The predicted molar refractivity (Wildman–Crippen MR) is 393 cm³/mol. The summed E-state index contributed by atoms with van der Waals surface area (Å²) < 4.78 is 5.51. The quantitative estimate of drug-likeness (QED) is 0.0320. The normalized spacial score (nSPS) is 12.7. The van der Waals surface area contributed by atoms with E-state index >= 15 is 0 Å². The van der Waals surface area contributed by atoms with E-state index in [1.807, 2.05) is 6.08 Å². The van der Waals surface area contributed by atoms with Crippen LogP contribution in [0.15, 0.2) is 48.6 Å². The van der Waals surface area contributed by atoms with Crippen molar-refractivity contribution in [1.82, 2.24) is 5.32 Å².